The SMILES string of the molecule is c1ccc(-c2ccccc2N(c2cc(N(c3ccccc3-c3ccccc3)c3cccc4c3oc3ccccc34)c3ccc4cccc5ccc2c3c54)c2cccc3c2oc2ccccc23)cc1. The van der Waals surface area contributed by atoms with Crippen LogP contribution in [-0.4, -0.2) is 0 Å². The van der Waals surface area contributed by atoms with Crippen molar-refractivity contribution in [1.29, 1.82) is 0 Å². The van der Waals surface area contributed by atoms with Gasteiger partial charge in [0.2, 0.25) is 0 Å². The van der Waals surface area contributed by atoms with Crippen LogP contribution in [0.5, 0.6) is 0 Å². The second kappa shape index (κ2) is 15.2. The molecule has 14 aromatic rings. The Balaban J connectivity index is 1.17. The van der Waals surface area contributed by atoms with E-state index in [2.05, 4.69) is 240 Å². The molecule has 0 saturated carbocycles. The lowest BCUT2D eigenvalue weighted by Gasteiger charge is -2.33. The van der Waals surface area contributed by atoms with Crippen molar-refractivity contribution in [1.82, 2.24) is 0 Å². The first-order valence-electron chi connectivity index (χ1n) is 23.2. The van der Waals surface area contributed by atoms with E-state index in [1.165, 1.54) is 21.5 Å². The molecule has 0 atom stereocenters. The minimum Gasteiger partial charge on any atom is -0.454 e. The average Bonchev–Trinajstić information content (AvgIpc) is 3.99. The summed E-state index contributed by atoms with van der Waals surface area (Å²) in [5.41, 5.74) is 13.8. The van der Waals surface area contributed by atoms with Gasteiger partial charge in [0.1, 0.15) is 11.2 Å². The van der Waals surface area contributed by atoms with Gasteiger partial charge in [0.25, 0.3) is 0 Å². The van der Waals surface area contributed by atoms with Crippen LogP contribution in [0.4, 0.5) is 34.1 Å². The molecular weight excluding hydrogens is 829 g/mol. The van der Waals surface area contributed by atoms with Crippen LogP contribution < -0.4 is 9.80 Å². The molecule has 0 aliphatic rings. The van der Waals surface area contributed by atoms with Crippen LogP contribution in [0, 0.1) is 0 Å². The van der Waals surface area contributed by atoms with E-state index >= 15 is 0 Å². The third-order valence-electron chi connectivity index (χ3n) is 13.8. The summed E-state index contributed by atoms with van der Waals surface area (Å²) in [5, 5.41) is 11.3. The monoisotopic (exact) mass is 868 g/mol. The summed E-state index contributed by atoms with van der Waals surface area (Å²) in [5.74, 6) is 0. The van der Waals surface area contributed by atoms with Gasteiger partial charge in [-0.1, -0.05) is 200 Å². The minimum atomic E-state index is 0.821. The number of hydrogen-bond acceptors (Lipinski definition) is 4. The van der Waals surface area contributed by atoms with Crippen molar-refractivity contribution >= 4 is 110 Å². The van der Waals surface area contributed by atoms with E-state index < -0.39 is 0 Å². The maximum absolute atomic E-state index is 6.97. The molecule has 0 bridgehead atoms. The van der Waals surface area contributed by atoms with E-state index in [1.54, 1.807) is 0 Å². The van der Waals surface area contributed by atoms with Crippen molar-refractivity contribution in [3.63, 3.8) is 0 Å². The quantitative estimate of drug-likeness (QED) is 0.142. The first kappa shape index (κ1) is 38.2. The van der Waals surface area contributed by atoms with Gasteiger partial charge in [-0.3, -0.25) is 0 Å². The molecule has 2 aromatic heterocycles. The Morgan fingerprint density at radius 2 is 0.647 bits per heavy atom. The highest BCUT2D eigenvalue weighted by Gasteiger charge is 2.30. The topological polar surface area (TPSA) is 32.8 Å². The van der Waals surface area contributed by atoms with E-state index in [0.29, 0.717) is 0 Å². The normalized spacial score (nSPS) is 11.8. The summed E-state index contributed by atoms with van der Waals surface area (Å²) in [4.78, 5) is 4.90. The maximum Gasteiger partial charge on any atom is 0.159 e. The van der Waals surface area contributed by atoms with Crippen LogP contribution in [0.3, 0.4) is 0 Å². The van der Waals surface area contributed by atoms with Crippen LogP contribution >= 0.6 is 0 Å². The molecule has 0 radical (unpaired) electrons. The predicted octanol–water partition coefficient (Wildman–Crippen LogP) is 18.7. The molecule has 4 nitrogen and oxygen atoms in total. The van der Waals surface area contributed by atoms with Gasteiger partial charge < -0.3 is 18.6 Å². The van der Waals surface area contributed by atoms with Gasteiger partial charge in [0.05, 0.1) is 34.1 Å². The number of anilines is 6. The van der Waals surface area contributed by atoms with Crippen molar-refractivity contribution in [2.24, 2.45) is 0 Å². The number of hydrogen-bond donors (Lipinski definition) is 0. The lowest BCUT2D eigenvalue weighted by Crippen LogP contribution is -2.16. The van der Waals surface area contributed by atoms with E-state index in [9.17, 15) is 0 Å². The van der Waals surface area contributed by atoms with E-state index in [1.807, 2.05) is 12.1 Å². The largest absolute Gasteiger partial charge is 0.454 e. The smallest absolute Gasteiger partial charge is 0.159 e. The lowest BCUT2D eigenvalue weighted by atomic mass is 9.90. The fourth-order valence-electron chi connectivity index (χ4n) is 10.8. The summed E-state index contributed by atoms with van der Waals surface area (Å²) in [6.45, 7) is 0. The van der Waals surface area contributed by atoms with Gasteiger partial charge in [0.15, 0.2) is 11.2 Å². The van der Waals surface area contributed by atoms with E-state index in [0.717, 1.165) is 111 Å². The number of rotatable bonds is 8. The summed E-state index contributed by atoms with van der Waals surface area (Å²) in [6, 6.07) is 87.0. The Morgan fingerprint density at radius 3 is 1.15 bits per heavy atom. The minimum absolute atomic E-state index is 0.821. The first-order chi connectivity index (χ1) is 33.8. The zero-order valence-electron chi connectivity index (χ0n) is 36.8. The standard InChI is InChI=1S/C64H40N2O2/c1-3-18-41(19-4-1)45-24-7-11-30-53(45)65(55-32-16-28-49-47-26-9-13-34-59(47)67-63(49)55)57-40-58(52-39-37-44-23-15-22-43-36-38-51(57)62(52)61(43)44)66(54-31-12-8-25-46(54)42-20-5-2-6-21-42)56-33-17-29-50-48-27-10-14-35-60(48)68-64(50)56/h1-40H. The molecule has 4 heteroatoms. The lowest BCUT2D eigenvalue weighted by molar-refractivity contribution is 0.669. The highest BCUT2D eigenvalue weighted by molar-refractivity contribution is 6.30. The molecule has 0 N–H and O–H groups in total. The summed E-state index contributed by atoms with van der Waals surface area (Å²) in [6.07, 6.45) is 0. The molecule has 0 spiro atoms. The van der Waals surface area contributed by atoms with Gasteiger partial charge in [-0.25, -0.2) is 0 Å². The molecule has 0 unspecified atom stereocenters. The van der Waals surface area contributed by atoms with Crippen molar-refractivity contribution in [2.75, 3.05) is 9.80 Å². The van der Waals surface area contributed by atoms with Crippen LogP contribution in [0.25, 0.3) is 98.4 Å². The Labute approximate surface area is 392 Å². The molecule has 318 valence electrons. The Bertz CT molecular complexity index is 3960. The van der Waals surface area contributed by atoms with Gasteiger partial charge in [-0.05, 0) is 69.8 Å². The second-order valence-electron chi connectivity index (χ2n) is 17.5. The van der Waals surface area contributed by atoms with E-state index in [4.69, 9.17) is 8.83 Å². The third-order valence-corrected chi connectivity index (χ3v) is 13.8. The third kappa shape index (κ3) is 5.81. The molecule has 0 amide bonds. The highest BCUT2D eigenvalue weighted by atomic mass is 16.3. The average molecular weight is 869 g/mol. The fourth-order valence-corrected chi connectivity index (χ4v) is 10.8. The first-order valence-corrected chi connectivity index (χ1v) is 23.2. The van der Waals surface area contributed by atoms with Gasteiger partial charge >= 0.3 is 0 Å². The molecule has 68 heavy (non-hydrogen) atoms. The molecule has 0 aliphatic heterocycles. The van der Waals surface area contributed by atoms with Crippen LogP contribution in [0.15, 0.2) is 251 Å². The van der Waals surface area contributed by atoms with Crippen molar-refractivity contribution in [2.45, 2.75) is 0 Å². The summed E-state index contributed by atoms with van der Waals surface area (Å²) >= 11 is 0. The molecule has 12 aromatic carbocycles. The number of para-hydroxylation sites is 6. The molecule has 0 aliphatic carbocycles. The second-order valence-corrected chi connectivity index (χ2v) is 17.5. The maximum atomic E-state index is 6.97. The van der Waals surface area contributed by atoms with Gasteiger partial charge in [-0.2, -0.15) is 0 Å². The Kier molecular flexibility index (Phi) is 8.55. The van der Waals surface area contributed by atoms with E-state index in [-0.39, 0.29) is 0 Å². The highest BCUT2D eigenvalue weighted by Crippen LogP contribution is 2.54. The molecule has 0 saturated heterocycles. The van der Waals surface area contributed by atoms with Crippen molar-refractivity contribution in [3.8, 4) is 22.3 Å². The van der Waals surface area contributed by atoms with Gasteiger partial charge in [0, 0.05) is 48.8 Å². The molecule has 2 heterocycles. The number of fused-ring (bicyclic) bond motifs is 6. The molecule has 14 rings (SSSR count). The van der Waals surface area contributed by atoms with Gasteiger partial charge in [-0.15, -0.1) is 0 Å². The van der Waals surface area contributed by atoms with Crippen LogP contribution in [0.2, 0.25) is 0 Å². The van der Waals surface area contributed by atoms with Crippen molar-refractivity contribution < 1.29 is 8.83 Å². The van der Waals surface area contributed by atoms with Crippen molar-refractivity contribution in [3.05, 3.63) is 243 Å². The zero-order chi connectivity index (χ0) is 44.7. The summed E-state index contributed by atoms with van der Waals surface area (Å²) in [7, 11) is 0. The van der Waals surface area contributed by atoms with Crippen LogP contribution in [0.1, 0.15) is 0 Å². The number of benzene rings is 12. The summed E-state index contributed by atoms with van der Waals surface area (Å²) < 4.78 is 13.9. The predicted molar refractivity (Wildman–Crippen MR) is 285 cm³/mol. The fraction of sp³-hybridized carbons (Fsp3) is 0. The Morgan fingerprint density at radius 1 is 0.250 bits per heavy atom. The molecular formula is C64H40N2O2. The van der Waals surface area contributed by atoms with Crippen LogP contribution in [-0.2, 0) is 0 Å². The number of nitrogens with zero attached hydrogens (tertiary/aromatic N) is 2. The number of furan rings is 2. The zero-order valence-corrected chi connectivity index (χ0v) is 36.8. The Hall–Kier alpha value is -9.12. The molecule has 0 fully saturated rings.